The zero-order valence-electron chi connectivity index (χ0n) is 15.0. The fourth-order valence-electron chi connectivity index (χ4n) is 3.61. The number of fused-ring (bicyclic) bond motifs is 3. The van der Waals surface area contributed by atoms with Crippen LogP contribution in [0.5, 0.6) is 0 Å². The van der Waals surface area contributed by atoms with Gasteiger partial charge in [0.05, 0.1) is 11.3 Å². The molecule has 29 heavy (non-hydrogen) atoms. The van der Waals surface area contributed by atoms with Gasteiger partial charge in [-0.3, -0.25) is 5.32 Å². The zero-order valence-corrected chi connectivity index (χ0v) is 16.6. The van der Waals surface area contributed by atoms with E-state index in [0.29, 0.717) is 0 Å². The smallest absolute Gasteiger partial charge is 0.411 e. The van der Waals surface area contributed by atoms with E-state index in [4.69, 9.17) is 4.74 Å². The molecule has 1 aliphatic rings. The van der Waals surface area contributed by atoms with Crippen molar-refractivity contribution in [2.24, 2.45) is 0 Å². The lowest BCUT2D eigenvalue weighted by Crippen LogP contribution is -2.20. The Morgan fingerprint density at radius 3 is 2.21 bits per heavy atom. The van der Waals surface area contributed by atoms with Gasteiger partial charge in [0.1, 0.15) is 12.4 Å². The van der Waals surface area contributed by atoms with Crippen molar-refractivity contribution < 1.29 is 23.8 Å². The minimum Gasteiger partial charge on any atom is -0.478 e. The summed E-state index contributed by atoms with van der Waals surface area (Å²) in [6.07, 6.45) is -0.921. The number of carboxylic acids is 1. The van der Waals surface area contributed by atoms with Crippen LogP contribution in [0.2, 0.25) is 0 Å². The maximum absolute atomic E-state index is 14.2. The van der Waals surface area contributed by atoms with Gasteiger partial charge in [-0.15, -0.1) is 0 Å². The monoisotopic (exact) mass is 455 g/mol. The highest BCUT2D eigenvalue weighted by atomic mass is 79.9. The second kappa shape index (κ2) is 7.67. The molecule has 0 heterocycles. The lowest BCUT2D eigenvalue weighted by Gasteiger charge is -2.15. The molecule has 0 bridgehead atoms. The van der Waals surface area contributed by atoms with E-state index >= 15 is 0 Å². The van der Waals surface area contributed by atoms with Crippen molar-refractivity contribution >= 4 is 33.7 Å². The first-order chi connectivity index (χ1) is 14.0. The Kier molecular flexibility index (Phi) is 5.07. The van der Waals surface area contributed by atoms with Crippen molar-refractivity contribution in [2.75, 3.05) is 11.9 Å². The predicted molar refractivity (Wildman–Crippen MR) is 110 cm³/mol. The number of aromatic carboxylic acids is 1. The molecule has 1 amide bonds. The summed E-state index contributed by atoms with van der Waals surface area (Å²) in [6.45, 7) is 0.0421. The fourth-order valence-corrected chi connectivity index (χ4v) is 4.04. The van der Waals surface area contributed by atoms with Gasteiger partial charge in [-0.25, -0.2) is 14.0 Å². The van der Waals surface area contributed by atoms with Crippen LogP contribution in [-0.2, 0) is 4.74 Å². The maximum Gasteiger partial charge on any atom is 0.411 e. The maximum atomic E-state index is 14.2. The van der Waals surface area contributed by atoms with Gasteiger partial charge in [-0.05, 0) is 34.4 Å². The van der Waals surface area contributed by atoms with Gasteiger partial charge in [-0.1, -0.05) is 64.5 Å². The number of nitrogens with one attached hydrogen (secondary N) is 1. The van der Waals surface area contributed by atoms with Gasteiger partial charge in [0, 0.05) is 10.4 Å². The Bertz CT molecular complexity index is 1090. The molecule has 146 valence electrons. The third-order valence-corrected chi connectivity index (χ3v) is 5.31. The minimum atomic E-state index is -1.36. The Morgan fingerprint density at radius 2 is 1.62 bits per heavy atom. The van der Waals surface area contributed by atoms with E-state index in [1.54, 1.807) is 0 Å². The van der Waals surface area contributed by atoms with Crippen molar-refractivity contribution in [1.82, 2.24) is 0 Å². The molecule has 5 nitrogen and oxygen atoms in total. The topological polar surface area (TPSA) is 75.6 Å². The van der Waals surface area contributed by atoms with E-state index in [9.17, 15) is 19.1 Å². The Labute approximate surface area is 174 Å². The van der Waals surface area contributed by atoms with Crippen LogP contribution < -0.4 is 5.32 Å². The van der Waals surface area contributed by atoms with Crippen LogP contribution >= 0.6 is 15.9 Å². The van der Waals surface area contributed by atoms with Crippen molar-refractivity contribution in [3.8, 4) is 11.1 Å². The number of halogens is 2. The number of carbonyl (C=O) groups is 2. The third kappa shape index (κ3) is 3.61. The van der Waals surface area contributed by atoms with E-state index in [1.165, 1.54) is 6.07 Å². The normalized spacial score (nSPS) is 12.2. The molecule has 4 rings (SSSR count). The molecule has 0 aliphatic heterocycles. The fraction of sp³-hybridized carbons (Fsp3) is 0.0909. The number of carboxylic acid groups (broad SMARTS) is 1. The van der Waals surface area contributed by atoms with Crippen LogP contribution in [0.4, 0.5) is 14.9 Å². The van der Waals surface area contributed by atoms with Crippen molar-refractivity contribution in [1.29, 1.82) is 0 Å². The molecule has 0 saturated carbocycles. The second-order valence-electron chi connectivity index (χ2n) is 6.57. The molecule has 3 aromatic rings. The van der Waals surface area contributed by atoms with Gasteiger partial charge in [0.25, 0.3) is 0 Å². The molecule has 0 saturated heterocycles. The number of hydrogen-bond acceptors (Lipinski definition) is 3. The van der Waals surface area contributed by atoms with Gasteiger partial charge in [0.15, 0.2) is 0 Å². The summed E-state index contributed by atoms with van der Waals surface area (Å²) in [6, 6.07) is 18.0. The largest absolute Gasteiger partial charge is 0.478 e. The van der Waals surface area contributed by atoms with E-state index in [0.717, 1.165) is 28.3 Å². The van der Waals surface area contributed by atoms with Crippen molar-refractivity contribution in [3.05, 3.63) is 87.6 Å². The third-order valence-electron chi connectivity index (χ3n) is 4.86. The summed E-state index contributed by atoms with van der Waals surface area (Å²) in [5, 5.41) is 11.5. The summed E-state index contributed by atoms with van der Waals surface area (Å²) in [5.74, 6) is -2.38. The number of hydrogen-bond donors (Lipinski definition) is 2. The number of benzene rings is 3. The summed E-state index contributed by atoms with van der Waals surface area (Å²) in [4.78, 5) is 23.7. The molecule has 2 N–H and O–H groups in total. The molecule has 3 aromatic carbocycles. The average molecular weight is 456 g/mol. The molecular weight excluding hydrogens is 441 g/mol. The SMILES string of the molecule is O=C(Nc1c(F)cc(Br)cc1C(=O)O)OCC1c2ccccc2-c2ccccc21. The molecule has 0 radical (unpaired) electrons. The van der Waals surface area contributed by atoms with Gasteiger partial charge in [-0.2, -0.15) is 0 Å². The summed E-state index contributed by atoms with van der Waals surface area (Å²) < 4.78 is 19.8. The first-order valence-corrected chi connectivity index (χ1v) is 9.59. The standard InChI is InChI=1S/C22H15BrFNO4/c23-12-9-17(21(26)27)20(19(24)10-12)25-22(28)29-11-18-15-7-3-1-5-13(15)14-6-2-4-8-16(14)18/h1-10,18H,11H2,(H,25,28)(H,26,27). The van der Waals surface area contributed by atoms with Crippen molar-refractivity contribution in [3.63, 3.8) is 0 Å². The van der Waals surface area contributed by atoms with E-state index in [1.807, 2.05) is 48.5 Å². The first-order valence-electron chi connectivity index (χ1n) is 8.80. The van der Waals surface area contributed by atoms with Crippen LogP contribution in [0.1, 0.15) is 27.4 Å². The summed E-state index contributed by atoms with van der Waals surface area (Å²) >= 11 is 3.04. The van der Waals surface area contributed by atoms with Crippen LogP contribution in [0.25, 0.3) is 11.1 Å². The molecule has 0 unspecified atom stereocenters. The van der Waals surface area contributed by atoms with Crippen LogP contribution in [0.3, 0.4) is 0 Å². The summed E-state index contributed by atoms with van der Waals surface area (Å²) in [5.41, 5.74) is 3.46. The number of ether oxygens (including phenoxy) is 1. The number of carbonyl (C=O) groups excluding carboxylic acids is 1. The Morgan fingerprint density at radius 1 is 1.03 bits per heavy atom. The minimum absolute atomic E-state index is 0.0421. The van der Waals surface area contributed by atoms with Crippen molar-refractivity contribution in [2.45, 2.75) is 5.92 Å². The zero-order chi connectivity index (χ0) is 20.5. The second-order valence-corrected chi connectivity index (χ2v) is 7.48. The highest BCUT2D eigenvalue weighted by Gasteiger charge is 2.29. The summed E-state index contributed by atoms with van der Waals surface area (Å²) in [7, 11) is 0. The highest BCUT2D eigenvalue weighted by molar-refractivity contribution is 9.10. The lowest BCUT2D eigenvalue weighted by molar-refractivity contribution is 0.0697. The van der Waals surface area contributed by atoms with E-state index in [2.05, 4.69) is 21.2 Å². The van der Waals surface area contributed by atoms with Gasteiger partial charge >= 0.3 is 12.1 Å². The van der Waals surface area contributed by atoms with Crippen LogP contribution in [0.15, 0.2) is 65.1 Å². The number of amides is 1. The number of rotatable bonds is 4. The lowest BCUT2D eigenvalue weighted by atomic mass is 9.98. The molecule has 7 heteroatoms. The Balaban J connectivity index is 1.54. The molecule has 0 aromatic heterocycles. The molecular formula is C22H15BrFNO4. The molecule has 0 atom stereocenters. The number of anilines is 1. The van der Waals surface area contributed by atoms with Gasteiger partial charge in [0.2, 0.25) is 0 Å². The quantitative estimate of drug-likeness (QED) is 0.532. The van der Waals surface area contributed by atoms with Crippen LogP contribution in [0, 0.1) is 5.82 Å². The molecule has 1 aliphatic carbocycles. The molecule has 0 spiro atoms. The van der Waals surface area contributed by atoms with Crippen LogP contribution in [-0.4, -0.2) is 23.8 Å². The average Bonchev–Trinajstić information content (AvgIpc) is 3.02. The molecule has 0 fully saturated rings. The highest BCUT2D eigenvalue weighted by Crippen LogP contribution is 2.44. The van der Waals surface area contributed by atoms with Gasteiger partial charge < -0.3 is 9.84 Å². The van der Waals surface area contributed by atoms with E-state index < -0.39 is 23.6 Å². The Hall–Kier alpha value is -3.19. The van der Waals surface area contributed by atoms with E-state index in [-0.39, 0.29) is 22.6 Å². The first kappa shape index (κ1) is 19.1. The predicted octanol–water partition coefficient (Wildman–Crippen LogP) is 5.65.